The van der Waals surface area contributed by atoms with Crippen molar-refractivity contribution >= 4 is 33.4 Å². The van der Waals surface area contributed by atoms with Crippen LogP contribution in [0.3, 0.4) is 0 Å². The van der Waals surface area contributed by atoms with Crippen molar-refractivity contribution in [1.29, 1.82) is 0 Å². The molecule has 1 amide bonds. The monoisotopic (exact) mass is 394 g/mol. The first kappa shape index (κ1) is 18.0. The molecule has 2 aromatic heterocycles. The number of amides is 1. The number of nitrogens with one attached hydrogen (secondary N) is 1. The van der Waals surface area contributed by atoms with Crippen LogP contribution in [0.4, 0.5) is 9.52 Å². The molecule has 1 N–H and O–H groups in total. The Morgan fingerprint density at radius 1 is 1.18 bits per heavy atom. The van der Waals surface area contributed by atoms with Crippen molar-refractivity contribution in [2.24, 2.45) is 0 Å². The highest BCUT2D eigenvalue weighted by atomic mass is 32.1. The third-order valence-corrected chi connectivity index (χ3v) is 5.10. The summed E-state index contributed by atoms with van der Waals surface area (Å²) in [7, 11) is 0. The van der Waals surface area contributed by atoms with E-state index in [0.717, 1.165) is 10.4 Å². The molecule has 0 bridgehead atoms. The number of para-hydroxylation sites is 2. The van der Waals surface area contributed by atoms with E-state index in [4.69, 9.17) is 0 Å². The molecular formula is C20H15FN4O2S. The van der Waals surface area contributed by atoms with Crippen molar-refractivity contribution in [2.75, 3.05) is 5.32 Å². The van der Waals surface area contributed by atoms with Gasteiger partial charge in [0.05, 0.1) is 22.9 Å². The van der Waals surface area contributed by atoms with E-state index in [-0.39, 0.29) is 23.8 Å². The Morgan fingerprint density at radius 3 is 2.71 bits per heavy atom. The number of aromatic nitrogens is 3. The van der Waals surface area contributed by atoms with Gasteiger partial charge in [0, 0.05) is 10.4 Å². The maximum absolute atomic E-state index is 13.1. The lowest BCUT2D eigenvalue weighted by atomic mass is 10.1. The highest BCUT2D eigenvalue weighted by Gasteiger charge is 2.14. The molecule has 8 heteroatoms. The first-order valence-corrected chi connectivity index (χ1v) is 9.31. The Balaban J connectivity index is 1.57. The number of aryl methyl sites for hydroxylation is 1. The van der Waals surface area contributed by atoms with E-state index in [2.05, 4.69) is 15.3 Å². The fraction of sp³-hybridized carbons (Fsp3) is 0.100. The SMILES string of the molecule is Cc1sc(NC(=O)Cn2c(=O)cnc3ccccc32)nc1-c1ccc(F)cc1. The molecule has 0 unspecified atom stereocenters. The largest absolute Gasteiger partial charge is 0.300 e. The molecule has 0 radical (unpaired) electrons. The van der Waals surface area contributed by atoms with E-state index in [9.17, 15) is 14.0 Å². The second-order valence-corrected chi connectivity index (χ2v) is 7.35. The molecule has 0 atom stereocenters. The lowest BCUT2D eigenvalue weighted by Gasteiger charge is -2.08. The van der Waals surface area contributed by atoms with Crippen LogP contribution in [0.15, 0.2) is 59.5 Å². The zero-order valence-corrected chi connectivity index (χ0v) is 15.7. The number of carbonyl (C=O) groups excluding carboxylic acids is 1. The molecule has 140 valence electrons. The first-order valence-electron chi connectivity index (χ1n) is 8.49. The van der Waals surface area contributed by atoms with Gasteiger partial charge in [-0.05, 0) is 43.3 Å². The number of benzene rings is 2. The van der Waals surface area contributed by atoms with Crippen molar-refractivity contribution in [3.05, 3.63) is 75.8 Å². The van der Waals surface area contributed by atoms with Crippen molar-refractivity contribution in [3.63, 3.8) is 0 Å². The third-order valence-electron chi connectivity index (χ3n) is 4.21. The smallest absolute Gasteiger partial charge is 0.269 e. The molecule has 0 spiro atoms. The van der Waals surface area contributed by atoms with E-state index >= 15 is 0 Å². The van der Waals surface area contributed by atoms with Crippen LogP contribution in [0.25, 0.3) is 22.3 Å². The van der Waals surface area contributed by atoms with Crippen LogP contribution in [0, 0.1) is 12.7 Å². The highest BCUT2D eigenvalue weighted by Crippen LogP contribution is 2.30. The van der Waals surface area contributed by atoms with Crippen molar-refractivity contribution in [1.82, 2.24) is 14.5 Å². The standard InChI is InChI=1S/C20H15FN4O2S/c1-12-19(13-6-8-14(21)9-7-13)24-20(28-12)23-17(26)11-25-16-5-3-2-4-15(16)22-10-18(25)27/h2-10H,11H2,1H3,(H,23,24,26). The lowest BCUT2D eigenvalue weighted by Crippen LogP contribution is -2.27. The lowest BCUT2D eigenvalue weighted by molar-refractivity contribution is -0.116. The molecular weight excluding hydrogens is 379 g/mol. The van der Waals surface area contributed by atoms with E-state index in [1.165, 1.54) is 34.2 Å². The van der Waals surface area contributed by atoms with E-state index in [0.29, 0.717) is 21.9 Å². The van der Waals surface area contributed by atoms with E-state index < -0.39 is 0 Å². The topological polar surface area (TPSA) is 76.9 Å². The fourth-order valence-electron chi connectivity index (χ4n) is 2.91. The summed E-state index contributed by atoms with van der Waals surface area (Å²) in [6.45, 7) is 1.74. The maximum Gasteiger partial charge on any atom is 0.269 e. The summed E-state index contributed by atoms with van der Waals surface area (Å²) < 4.78 is 14.5. The second kappa shape index (κ2) is 7.32. The quantitative estimate of drug-likeness (QED) is 0.574. The summed E-state index contributed by atoms with van der Waals surface area (Å²) in [5.41, 5.74) is 2.33. The van der Waals surface area contributed by atoms with Gasteiger partial charge in [0.1, 0.15) is 12.4 Å². The molecule has 0 aliphatic heterocycles. The minimum atomic E-state index is -0.363. The van der Waals surface area contributed by atoms with Gasteiger partial charge in [-0.3, -0.25) is 14.2 Å². The molecule has 6 nitrogen and oxygen atoms in total. The molecule has 2 aromatic carbocycles. The second-order valence-electron chi connectivity index (χ2n) is 6.15. The summed E-state index contributed by atoms with van der Waals surface area (Å²) >= 11 is 1.32. The van der Waals surface area contributed by atoms with E-state index in [1.54, 1.807) is 30.3 Å². The van der Waals surface area contributed by atoms with Gasteiger partial charge >= 0.3 is 0 Å². The Morgan fingerprint density at radius 2 is 1.93 bits per heavy atom. The van der Waals surface area contributed by atoms with Crippen LogP contribution in [-0.2, 0) is 11.3 Å². The first-order chi connectivity index (χ1) is 13.5. The summed E-state index contributed by atoms with van der Waals surface area (Å²) in [6.07, 6.45) is 1.20. The van der Waals surface area contributed by atoms with Gasteiger partial charge in [0.25, 0.3) is 5.56 Å². The zero-order chi connectivity index (χ0) is 19.7. The maximum atomic E-state index is 13.1. The number of thiazole rings is 1. The number of carbonyl (C=O) groups is 1. The van der Waals surface area contributed by atoms with Crippen LogP contribution in [-0.4, -0.2) is 20.4 Å². The highest BCUT2D eigenvalue weighted by molar-refractivity contribution is 7.16. The van der Waals surface area contributed by atoms with Crippen LogP contribution in [0.1, 0.15) is 4.88 Å². The van der Waals surface area contributed by atoms with Gasteiger partial charge in [0.15, 0.2) is 5.13 Å². The van der Waals surface area contributed by atoms with Gasteiger partial charge < -0.3 is 5.32 Å². The Labute approximate surface area is 163 Å². The van der Waals surface area contributed by atoms with Crippen LogP contribution >= 0.6 is 11.3 Å². The Kier molecular flexibility index (Phi) is 4.70. The number of hydrogen-bond donors (Lipinski definition) is 1. The van der Waals surface area contributed by atoms with Gasteiger partial charge in [0.2, 0.25) is 5.91 Å². The number of nitrogens with zero attached hydrogens (tertiary/aromatic N) is 3. The zero-order valence-electron chi connectivity index (χ0n) is 14.8. The molecule has 4 rings (SSSR count). The number of anilines is 1. The number of rotatable bonds is 4. The van der Waals surface area contributed by atoms with Crippen LogP contribution in [0.2, 0.25) is 0 Å². The van der Waals surface area contributed by atoms with Crippen molar-refractivity contribution in [2.45, 2.75) is 13.5 Å². The van der Waals surface area contributed by atoms with Gasteiger partial charge in [-0.1, -0.05) is 12.1 Å². The molecule has 2 heterocycles. The van der Waals surface area contributed by atoms with Crippen LogP contribution in [0.5, 0.6) is 0 Å². The number of fused-ring (bicyclic) bond motifs is 1. The summed E-state index contributed by atoms with van der Waals surface area (Å²) in [5.74, 6) is -0.682. The van der Waals surface area contributed by atoms with Gasteiger partial charge in [-0.2, -0.15) is 0 Å². The number of hydrogen-bond acceptors (Lipinski definition) is 5. The Bertz CT molecular complexity index is 1230. The van der Waals surface area contributed by atoms with Crippen LogP contribution < -0.4 is 10.9 Å². The summed E-state index contributed by atoms with van der Waals surface area (Å²) in [4.78, 5) is 34.1. The normalized spacial score (nSPS) is 10.9. The predicted octanol–water partition coefficient (Wildman–Crippen LogP) is 3.61. The number of halogens is 1. The predicted molar refractivity (Wildman–Crippen MR) is 107 cm³/mol. The molecule has 28 heavy (non-hydrogen) atoms. The van der Waals surface area contributed by atoms with E-state index in [1.807, 2.05) is 13.0 Å². The minimum Gasteiger partial charge on any atom is -0.300 e. The van der Waals surface area contributed by atoms with Gasteiger partial charge in [-0.25, -0.2) is 14.4 Å². The molecule has 0 aliphatic carbocycles. The Hall–Kier alpha value is -3.39. The fourth-order valence-corrected chi connectivity index (χ4v) is 3.76. The van der Waals surface area contributed by atoms with Crippen molar-refractivity contribution < 1.29 is 9.18 Å². The minimum absolute atomic E-state index is 0.146. The third kappa shape index (κ3) is 3.54. The molecule has 0 saturated heterocycles. The summed E-state index contributed by atoms with van der Waals surface area (Å²) in [5, 5.41) is 3.16. The molecule has 0 aliphatic rings. The molecule has 0 fully saturated rings. The summed E-state index contributed by atoms with van der Waals surface area (Å²) in [6, 6.07) is 13.2. The molecule has 0 saturated carbocycles. The average molecular weight is 394 g/mol. The van der Waals surface area contributed by atoms with Crippen molar-refractivity contribution in [3.8, 4) is 11.3 Å². The average Bonchev–Trinajstić information content (AvgIpc) is 3.04. The van der Waals surface area contributed by atoms with Gasteiger partial charge in [-0.15, -0.1) is 11.3 Å². The molecule has 4 aromatic rings.